The van der Waals surface area contributed by atoms with Gasteiger partial charge < -0.3 is 10.1 Å². The molecule has 134 valence electrons. The summed E-state index contributed by atoms with van der Waals surface area (Å²) in [7, 11) is 0. The minimum absolute atomic E-state index is 0.0227. The van der Waals surface area contributed by atoms with Gasteiger partial charge >= 0.3 is 0 Å². The van der Waals surface area contributed by atoms with Gasteiger partial charge in [-0.3, -0.25) is 4.79 Å². The Bertz CT molecular complexity index is 1040. The second-order valence-electron chi connectivity index (χ2n) is 6.12. The minimum atomic E-state index is -0.403. The molecule has 0 spiro atoms. The number of amides is 1. The largest absolute Gasteiger partial charge is 0.489 e. The molecule has 3 aromatic carbocycles. The van der Waals surface area contributed by atoms with Crippen molar-refractivity contribution in [2.75, 3.05) is 5.32 Å². The highest BCUT2D eigenvalue weighted by Gasteiger charge is 2.23. The number of ether oxygens (including phenoxy) is 1. The zero-order chi connectivity index (χ0) is 18.8. The van der Waals surface area contributed by atoms with E-state index < -0.39 is 5.82 Å². The lowest BCUT2D eigenvalue weighted by Gasteiger charge is -2.09. The Kier molecular flexibility index (Phi) is 4.65. The molecule has 3 aromatic rings. The van der Waals surface area contributed by atoms with Gasteiger partial charge in [-0.15, -0.1) is 0 Å². The molecule has 3 nitrogen and oxygen atoms in total. The van der Waals surface area contributed by atoms with Gasteiger partial charge in [0.15, 0.2) is 0 Å². The van der Waals surface area contributed by atoms with Crippen molar-refractivity contribution in [1.82, 2.24) is 0 Å². The Balaban J connectivity index is 1.58. The van der Waals surface area contributed by atoms with Crippen LogP contribution in [0.1, 0.15) is 16.7 Å². The predicted molar refractivity (Wildman–Crippen MR) is 105 cm³/mol. The molecule has 27 heavy (non-hydrogen) atoms. The second-order valence-corrected chi connectivity index (χ2v) is 6.53. The molecular weight excluding hydrogens is 365 g/mol. The molecule has 0 radical (unpaired) electrons. The van der Waals surface area contributed by atoms with E-state index in [1.54, 1.807) is 24.3 Å². The Morgan fingerprint density at radius 2 is 1.85 bits per heavy atom. The number of anilines is 1. The van der Waals surface area contributed by atoms with Crippen LogP contribution in [0, 0.1) is 5.82 Å². The molecule has 0 fully saturated rings. The van der Waals surface area contributed by atoms with E-state index in [2.05, 4.69) is 5.32 Å². The average molecular weight is 380 g/mol. The normalized spacial score (nSPS) is 14.1. The molecule has 0 unspecified atom stereocenters. The molecule has 0 bridgehead atoms. The molecule has 5 heteroatoms. The van der Waals surface area contributed by atoms with Crippen molar-refractivity contribution in [3.63, 3.8) is 0 Å². The lowest BCUT2D eigenvalue weighted by atomic mass is 10.0. The molecule has 0 saturated carbocycles. The predicted octanol–water partition coefficient (Wildman–Crippen LogP) is 5.55. The maximum atomic E-state index is 13.9. The van der Waals surface area contributed by atoms with Gasteiger partial charge in [0, 0.05) is 22.4 Å². The van der Waals surface area contributed by atoms with Gasteiger partial charge in [0.1, 0.15) is 18.2 Å². The first kappa shape index (κ1) is 17.3. The van der Waals surface area contributed by atoms with Gasteiger partial charge in [0.25, 0.3) is 5.91 Å². The molecule has 1 heterocycles. The van der Waals surface area contributed by atoms with Crippen molar-refractivity contribution in [2.45, 2.75) is 6.61 Å². The third kappa shape index (κ3) is 3.57. The fourth-order valence-corrected chi connectivity index (χ4v) is 3.19. The number of carbonyl (C=O) groups excluding carboxylic acids is 1. The number of benzene rings is 3. The van der Waals surface area contributed by atoms with Crippen LogP contribution in [0.15, 0.2) is 66.7 Å². The summed E-state index contributed by atoms with van der Waals surface area (Å²) in [6.45, 7) is 0.0227. The number of fused-ring (bicyclic) bond motifs is 1. The van der Waals surface area contributed by atoms with Crippen LogP contribution in [0.25, 0.3) is 11.6 Å². The van der Waals surface area contributed by atoms with E-state index in [-0.39, 0.29) is 12.5 Å². The summed E-state index contributed by atoms with van der Waals surface area (Å²) in [5, 5.41) is 3.17. The van der Waals surface area contributed by atoms with Crippen molar-refractivity contribution < 1.29 is 13.9 Å². The van der Waals surface area contributed by atoms with Crippen LogP contribution in [-0.2, 0) is 11.4 Å². The first-order valence-electron chi connectivity index (χ1n) is 8.40. The number of halogens is 2. The van der Waals surface area contributed by atoms with Gasteiger partial charge in [-0.05, 0) is 42.0 Å². The number of rotatable bonds is 4. The molecule has 0 aliphatic carbocycles. The first-order chi connectivity index (χ1) is 13.1. The molecule has 0 saturated heterocycles. The number of para-hydroxylation sites is 1. The quantitative estimate of drug-likeness (QED) is 0.603. The number of hydrogen-bond acceptors (Lipinski definition) is 2. The van der Waals surface area contributed by atoms with Crippen molar-refractivity contribution in [3.05, 3.63) is 94.3 Å². The lowest BCUT2D eigenvalue weighted by molar-refractivity contribution is -0.110. The topological polar surface area (TPSA) is 38.3 Å². The van der Waals surface area contributed by atoms with Crippen LogP contribution in [0.3, 0.4) is 0 Å². The Labute approximate surface area is 161 Å². The molecular formula is C22H15ClFNO2. The fourth-order valence-electron chi connectivity index (χ4n) is 2.97. The average Bonchev–Trinajstić information content (AvgIpc) is 2.97. The van der Waals surface area contributed by atoms with E-state index in [9.17, 15) is 9.18 Å². The molecule has 0 atom stereocenters. The van der Waals surface area contributed by atoms with Crippen molar-refractivity contribution in [1.29, 1.82) is 0 Å². The van der Waals surface area contributed by atoms with Crippen LogP contribution in [0.2, 0.25) is 5.02 Å². The third-order valence-corrected chi connectivity index (χ3v) is 4.68. The van der Waals surface area contributed by atoms with Crippen LogP contribution in [-0.4, -0.2) is 5.91 Å². The molecule has 0 aromatic heterocycles. The highest BCUT2D eigenvalue weighted by Crippen LogP contribution is 2.33. The number of hydrogen-bond donors (Lipinski definition) is 1. The van der Waals surface area contributed by atoms with Gasteiger partial charge in [0.2, 0.25) is 0 Å². The van der Waals surface area contributed by atoms with E-state index in [1.807, 2.05) is 42.5 Å². The summed E-state index contributed by atoms with van der Waals surface area (Å²) in [5.41, 5.74) is 3.39. The lowest BCUT2D eigenvalue weighted by Crippen LogP contribution is -2.03. The van der Waals surface area contributed by atoms with Crippen molar-refractivity contribution in [2.24, 2.45) is 0 Å². The second kappa shape index (κ2) is 7.25. The van der Waals surface area contributed by atoms with Gasteiger partial charge in [-0.1, -0.05) is 48.0 Å². The SMILES string of the molecule is O=C1Nc2ccccc2/C1=C\c1cccc(OCc2c(F)cccc2Cl)c1. The molecule has 1 aliphatic rings. The first-order valence-corrected chi connectivity index (χ1v) is 8.78. The van der Waals surface area contributed by atoms with E-state index >= 15 is 0 Å². The summed E-state index contributed by atoms with van der Waals surface area (Å²) in [6, 6.07) is 19.4. The summed E-state index contributed by atoms with van der Waals surface area (Å²) in [5.74, 6) is 0.0241. The maximum absolute atomic E-state index is 13.9. The molecule has 4 rings (SSSR count). The zero-order valence-corrected chi connectivity index (χ0v) is 15.0. The summed E-state index contributed by atoms with van der Waals surface area (Å²) >= 11 is 6.03. The maximum Gasteiger partial charge on any atom is 0.256 e. The molecule has 1 amide bonds. The van der Waals surface area contributed by atoms with Crippen LogP contribution < -0.4 is 10.1 Å². The minimum Gasteiger partial charge on any atom is -0.489 e. The standard InChI is InChI=1S/C22H15ClFNO2/c23-19-8-4-9-20(24)18(19)13-27-15-6-3-5-14(11-15)12-17-16-7-1-2-10-21(16)25-22(17)26/h1-12H,13H2,(H,25,26)/b17-12+. The third-order valence-electron chi connectivity index (χ3n) is 4.32. The Morgan fingerprint density at radius 1 is 1.04 bits per heavy atom. The fraction of sp³-hybridized carbons (Fsp3) is 0.0455. The summed E-state index contributed by atoms with van der Waals surface area (Å²) in [6.07, 6.45) is 1.81. The highest BCUT2D eigenvalue weighted by atomic mass is 35.5. The van der Waals surface area contributed by atoms with E-state index in [4.69, 9.17) is 16.3 Å². The van der Waals surface area contributed by atoms with Crippen LogP contribution >= 0.6 is 11.6 Å². The molecule has 1 aliphatic heterocycles. The van der Waals surface area contributed by atoms with Crippen molar-refractivity contribution >= 4 is 34.8 Å². The van der Waals surface area contributed by atoms with Crippen LogP contribution in [0.5, 0.6) is 5.75 Å². The van der Waals surface area contributed by atoms with Gasteiger partial charge in [-0.25, -0.2) is 4.39 Å². The smallest absolute Gasteiger partial charge is 0.256 e. The summed E-state index contributed by atoms with van der Waals surface area (Å²) in [4.78, 5) is 12.2. The van der Waals surface area contributed by atoms with Gasteiger partial charge in [-0.2, -0.15) is 0 Å². The Hall–Kier alpha value is -3.11. The van der Waals surface area contributed by atoms with Crippen LogP contribution in [0.4, 0.5) is 10.1 Å². The van der Waals surface area contributed by atoms with E-state index in [0.717, 1.165) is 16.8 Å². The van der Waals surface area contributed by atoms with E-state index in [1.165, 1.54) is 6.07 Å². The number of nitrogens with one attached hydrogen (secondary N) is 1. The summed E-state index contributed by atoms with van der Waals surface area (Å²) < 4.78 is 19.6. The number of carbonyl (C=O) groups is 1. The zero-order valence-electron chi connectivity index (χ0n) is 14.2. The molecule has 1 N–H and O–H groups in total. The van der Waals surface area contributed by atoms with Gasteiger partial charge in [0.05, 0.1) is 5.02 Å². The van der Waals surface area contributed by atoms with Crippen molar-refractivity contribution in [3.8, 4) is 5.75 Å². The monoisotopic (exact) mass is 379 g/mol. The Morgan fingerprint density at radius 3 is 2.70 bits per heavy atom. The highest BCUT2D eigenvalue weighted by molar-refractivity contribution is 6.34. The van der Waals surface area contributed by atoms with E-state index in [0.29, 0.717) is 21.9 Å².